The molecule has 0 saturated carbocycles. The van der Waals surface area contributed by atoms with E-state index in [1.165, 1.54) is 12.1 Å². The van der Waals surface area contributed by atoms with Gasteiger partial charge in [0.05, 0.1) is 17.2 Å². The van der Waals surface area contributed by atoms with Crippen LogP contribution in [0.2, 0.25) is 0 Å². The summed E-state index contributed by atoms with van der Waals surface area (Å²) in [7, 11) is 0. The van der Waals surface area contributed by atoms with Crippen LogP contribution in [0.4, 0.5) is 18.0 Å². The number of hydrogen-bond acceptors (Lipinski definition) is 4. The molecule has 2 amide bonds. The van der Waals surface area contributed by atoms with Gasteiger partial charge in [-0.15, -0.1) is 0 Å². The predicted molar refractivity (Wildman–Crippen MR) is 115 cm³/mol. The summed E-state index contributed by atoms with van der Waals surface area (Å²) < 4.78 is 49.9. The summed E-state index contributed by atoms with van der Waals surface area (Å²) in [6.45, 7) is 6.57. The van der Waals surface area contributed by atoms with E-state index in [0.717, 1.165) is 12.1 Å². The minimum absolute atomic E-state index is 0.220. The molecular formula is C24H25F3N2O4. The second-order valence-electron chi connectivity index (χ2n) is 9.18. The number of rotatable bonds is 1. The van der Waals surface area contributed by atoms with Crippen LogP contribution in [0.1, 0.15) is 36.7 Å². The quantitative estimate of drug-likeness (QED) is 0.610. The maximum atomic E-state index is 13.3. The Balaban J connectivity index is 1.54. The monoisotopic (exact) mass is 462 g/mol. The Morgan fingerprint density at radius 3 is 2.33 bits per heavy atom. The van der Waals surface area contributed by atoms with Crippen molar-refractivity contribution in [3.8, 4) is 16.9 Å². The van der Waals surface area contributed by atoms with Gasteiger partial charge in [0, 0.05) is 19.6 Å². The predicted octanol–water partition coefficient (Wildman–Crippen LogP) is 4.83. The lowest BCUT2D eigenvalue weighted by atomic mass is 10.00. The van der Waals surface area contributed by atoms with Crippen molar-refractivity contribution in [3.05, 3.63) is 53.6 Å². The lowest BCUT2D eigenvalue weighted by Crippen LogP contribution is -2.58. The Morgan fingerprint density at radius 1 is 1.03 bits per heavy atom. The van der Waals surface area contributed by atoms with E-state index in [2.05, 4.69) is 0 Å². The molecule has 0 aromatic heterocycles. The van der Waals surface area contributed by atoms with E-state index in [9.17, 15) is 22.8 Å². The zero-order valence-corrected chi connectivity index (χ0v) is 18.6. The highest BCUT2D eigenvalue weighted by Crippen LogP contribution is 2.34. The van der Waals surface area contributed by atoms with Crippen molar-refractivity contribution >= 4 is 12.0 Å². The molecular weight excluding hydrogens is 437 g/mol. The molecule has 4 rings (SSSR count). The number of nitrogens with zero attached hydrogens (tertiary/aromatic N) is 2. The van der Waals surface area contributed by atoms with Crippen LogP contribution in [0.25, 0.3) is 11.1 Å². The Morgan fingerprint density at radius 2 is 1.70 bits per heavy atom. The van der Waals surface area contributed by atoms with Gasteiger partial charge in [-0.2, -0.15) is 13.2 Å². The van der Waals surface area contributed by atoms with Gasteiger partial charge in [-0.05, 0) is 56.2 Å². The Bertz CT molecular complexity index is 1060. The molecule has 2 heterocycles. The number of fused-ring (bicyclic) bond motifs is 2. The number of carbonyl (C=O) groups is 2. The molecule has 0 spiro atoms. The molecule has 2 aromatic carbocycles. The molecule has 0 unspecified atom stereocenters. The molecule has 1 fully saturated rings. The molecule has 0 aliphatic carbocycles. The normalized spacial score (nSPS) is 18.7. The average molecular weight is 462 g/mol. The number of alkyl halides is 3. The zero-order valence-electron chi connectivity index (χ0n) is 18.6. The second kappa shape index (κ2) is 8.28. The molecule has 2 aliphatic heterocycles. The molecule has 9 heteroatoms. The van der Waals surface area contributed by atoms with Crippen LogP contribution >= 0.6 is 0 Å². The Labute approximate surface area is 189 Å². The highest BCUT2D eigenvalue weighted by molar-refractivity contribution is 5.99. The van der Waals surface area contributed by atoms with Crippen LogP contribution in [0.3, 0.4) is 0 Å². The topological polar surface area (TPSA) is 59.1 Å². The lowest BCUT2D eigenvalue weighted by Gasteiger charge is -2.40. The summed E-state index contributed by atoms with van der Waals surface area (Å²) in [6.07, 6.45) is -4.84. The van der Waals surface area contributed by atoms with Crippen LogP contribution in [-0.4, -0.2) is 59.7 Å². The third-order valence-corrected chi connectivity index (χ3v) is 5.58. The number of piperazine rings is 1. The summed E-state index contributed by atoms with van der Waals surface area (Å²) in [5.41, 5.74) is 0.181. The molecule has 0 N–H and O–H groups in total. The minimum atomic E-state index is -4.41. The number of ether oxygens (including phenoxy) is 2. The number of benzene rings is 2. The van der Waals surface area contributed by atoms with E-state index in [4.69, 9.17) is 9.47 Å². The minimum Gasteiger partial charge on any atom is -0.491 e. The van der Waals surface area contributed by atoms with E-state index < -0.39 is 23.4 Å². The first-order chi connectivity index (χ1) is 15.4. The highest BCUT2D eigenvalue weighted by Gasteiger charge is 2.38. The van der Waals surface area contributed by atoms with Crippen LogP contribution in [0.5, 0.6) is 5.75 Å². The second-order valence-corrected chi connectivity index (χ2v) is 9.18. The molecule has 1 atom stereocenters. The number of amides is 2. The summed E-state index contributed by atoms with van der Waals surface area (Å²) >= 11 is 0. The van der Waals surface area contributed by atoms with Gasteiger partial charge in [0.2, 0.25) is 0 Å². The summed E-state index contributed by atoms with van der Waals surface area (Å²) in [5.74, 6) is 0.180. The van der Waals surface area contributed by atoms with Gasteiger partial charge in [-0.1, -0.05) is 18.2 Å². The van der Waals surface area contributed by atoms with Gasteiger partial charge < -0.3 is 19.3 Å². The first-order valence-electron chi connectivity index (χ1n) is 10.7. The molecule has 1 saturated heterocycles. The van der Waals surface area contributed by atoms with E-state index in [0.29, 0.717) is 42.1 Å². The highest BCUT2D eigenvalue weighted by atomic mass is 19.4. The van der Waals surface area contributed by atoms with Gasteiger partial charge in [0.1, 0.15) is 18.0 Å². The van der Waals surface area contributed by atoms with Gasteiger partial charge in [0.15, 0.2) is 0 Å². The largest absolute Gasteiger partial charge is 0.491 e. The molecule has 33 heavy (non-hydrogen) atoms. The van der Waals surface area contributed by atoms with Gasteiger partial charge in [0.25, 0.3) is 5.91 Å². The average Bonchev–Trinajstić information content (AvgIpc) is 2.88. The smallest absolute Gasteiger partial charge is 0.416 e. The summed E-state index contributed by atoms with van der Waals surface area (Å²) in [4.78, 5) is 29.0. The molecule has 176 valence electrons. The summed E-state index contributed by atoms with van der Waals surface area (Å²) in [5, 5.41) is 0. The van der Waals surface area contributed by atoms with Crippen molar-refractivity contribution in [1.29, 1.82) is 0 Å². The standard InChI is InChI=1S/C24H25F3N2O4/c1-23(2,3)33-22(31)28-10-11-29-18(13-28)14-32-20-9-6-16(12-19(20)21(29)30)15-4-7-17(8-5-15)24(25,26)27/h4-9,12,18H,10-11,13-14H2,1-3H3/t18-/m1/s1. The van der Waals surface area contributed by atoms with Crippen molar-refractivity contribution in [2.45, 2.75) is 38.6 Å². The maximum absolute atomic E-state index is 13.3. The first-order valence-corrected chi connectivity index (χ1v) is 10.7. The van der Waals surface area contributed by atoms with E-state index in [1.54, 1.807) is 48.8 Å². The van der Waals surface area contributed by atoms with Crippen molar-refractivity contribution in [2.24, 2.45) is 0 Å². The SMILES string of the molecule is CC(C)(C)OC(=O)N1CCN2C(=O)c3cc(-c4ccc(C(F)(F)F)cc4)ccc3OC[C@H]2C1. The summed E-state index contributed by atoms with van der Waals surface area (Å²) in [6, 6.07) is 9.49. The molecule has 6 nitrogen and oxygen atoms in total. The van der Waals surface area contributed by atoms with Gasteiger partial charge >= 0.3 is 12.3 Å². The van der Waals surface area contributed by atoms with Crippen molar-refractivity contribution in [1.82, 2.24) is 9.80 Å². The van der Waals surface area contributed by atoms with Crippen molar-refractivity contribution in [2.75, 3.05) is 26.2 Å². The maximum Gasteiger partial charge on any atom is 0.416 e. The number of carbonyl (C=O) groups excluding carboxylic acids is 2. The van der Waals surface area contributed by atoms with E-state index >= 15 is 0 Å². The van der Waals surface area contributed by atoms with Crippen LogP contribution < -0.4 is 4.74 Å². The van der Waals surface area contributed by atoms with E-state index in [1.807, 2.05) is 0 Å². The fourth-order valence-electron chi connectivity index (χ4n) is 3.95. The van der Waals surface area contributed by atoms with Crippen LogP contribution in [0.15, 0.2) is 42.5 Å². The third-order valence-electron chi connectivity index (χ3n) is 5.58. The van der Waals surface area contributed by atoms with Crippen LogP contribution in [-0.2, 0) is 10.9 Å². The Hall–Kier alpha value is -3.23. The van der Waals surface area contributed by atoms with Crippen LogP contribution in [0, 0.1) is 0 Å². The zero-order chi connectivity index (χ0) is 24.0. The van der Waals surface area contributed by atoms with Crippen molar-refractivity contribution in [3.63, 3.8) is 0 Å². The van der Waals surface area contributed by atoms with E-state index in [-0.39, 0.29) is 18.6 Å². The third kappa shape index (κ3) is 4.91. The van der Waals surface area contributed by atoms with Gasteiger partial charge in [-0.3, -0.25) is 4.79 Å². The van der Waals surface area contributed by atoms with Crippen molar-refractivity contribution < 1.29 is 32.2 Å². The molecule has 2 aliphatic rings. The fourth-order valence-corrected chi connectivity index (χ4v) is 3.95. The molecule has 2 aromatic rings. The lowest BCUT2D eigenvalue weighted by molar-refractivity contribution is -0.137. The fraction of sp³-hybridized carbons (Fsp3) is 0.417. The van der Waals surface area contributed by atoms with Gasteiger partial charge in [-0.25, -0.2) is 4.79 Å². The Kier molecular flexibility index (Phi) is 5.76. The molecule has 0 bridgehead atoms. The molecule has 0 radical (unpaired) electrons. The number of halogens is 3. The number of hydrogen-bond donors (Lipinski definition) is 0. The first kappa shape index (κ1) is 22.9.